The van der Waals surface area contributed by atoms with Gasteiger partial charge in [0.2, 0.25) is 12.2 Å². The van der Waals surface area contributed by atoms with Crippen molar-refractivity contribution in [2.24, 2.45) is 0 Å². The minimum Gasteiger partial charge on any atom is -1.00 e. The van der Waals surface area contributed by atoms with Crippen LogP contribution in [0.2, 0.25) is 0 Å². The minimum absolute atomic E-state index is 0. The number of benzene rings is 1. The summed E-state index contributed by atoms with van der Waals surface area (Å²) >= 11 is 0. The fraction of sp³-hybridized carbons (Fsp3) is 0.250. The van der Waals surface area contributed by atoms with E-state index in [4.69, 9.17) is 0 Å². The maximum Gasteiger partial charge on any atom is 0.289 e. The van der Waals surface area contributed by atoms with Gasteiger partial charge in [-0.2, -0.15) is 4.57 Å². The Morgan fingerprint density at radius 1 is 1.15 bits per heavy atom. The van der Waals surface area contributed by atoms with E-state index in [0.29, 0.717) is 6.54 Å². The topological polar surface area (TPSA) is 24.2 Å². The van der Waals surface area contributed by atoms with Crippen LogP contribution < -0.4 is 17.0 Å². The van der Waals surface area contributed by atoms with Crippen LogP contribution in [0.3, 0.4) is 0 Å². The summed E-state index contributed by atoms with van der Waals surface area (Å²) in [6.07, 6.45) is 1.97. The van der Waals surface area contributed by atoms with Crippen LogP contribution in [0.5, 0.6) is 0 Å². The zero-order valence-corrected chi connectivity index (χ0v) is 12.3. The van der Waals surface area contributed by atoms with E-state index in [-0.39, 0.29) is 24.4 Å². The lowest BCUT2D eigenvalue weighted by Crippen LogP contribution is -3.00. The van der Waals surface area contributed by atoms with Gasteiger partial charge in [0, 0.05) is 19.2 Å². The Morgan fingerprint density at radius 2 is 1.85 bits per heavy atom. The molecule has 2 heterocycles. The first kappa shape index (κ1) is 14.5. The monoisotopic (exact) mass is 288 g/mol. The first-order valence-corrected chi connectivity index (χ1v) is 6.47. The minimum atomic E-state index is 0. The van der Waals surface area contributed by atoms with Crippen molar-refractivity contribution in [2.75, 3.05) is 7.05 Å². The molecule has 1 aromatic heterocycles. The summed E-state index contributed by atoms with van der Waals surface area (Å²) in [7, 11) is 1.88. The fourth-order valence-corrected chi connectivity index (χ4v) is 2.62. The molecule has 0 spiro atoms. The third-order valence-corrected chi connectivity index (χ3v) is 3.74. The van der Waals surface area contributed by atoms with Gasteiger partial charge >= 0.3 is 0 Å². The van der Waals surface area contributed by atoms with Crippen molar-refractivity contribution in [3.8, 4) is 0 Å². The number of aryl methyl sites for hydroxylation is 1. The van der Waals surface area contributed by atoms with Crippen molar-refractivity contribution in [3.63, 3.8) is 0 Å². The molecule has 3 nitrogen and oxygen atoms in total. The Labute approximate surface area is 125 Å². The molecule has 0 fully saturated rings. The number of amides is 1. The SMILES string of the molecule is Cc1ccc(C2c3cccc[n+]3CC(=O)N2C)cc1.[Cl-]. The van der Waals surface area contributed by atoms with Crippen LogP contribution in [-0.4, -0.2) is 17.9 Å². The number of halogens is 1. The normalized spacial score (nSPS) is 17.4. The Bertz CT molecular complexity index is 625. The first-order chi connectivity index (χ1) is 9.16. The van der Waals surface area contributed by atoms with Gasteiger partial charge in [0.15, 0.2) is 6.20 Å². The van der Waals surface area contributed by atoms with Gasteiger partial charge < -0.3 is 17.3 Å². The fourth-order valence-electron chi connectivity index (χ4n) is 2.62. The van der Waals surface area contributed by atoms with Crippen molar-refractivity contribution in [2.45, 2.75) is 19.5 Å². The van der Waals surface area contributed by atoms with Crippen LogP contribution in [0.15, 0.2) is 48.7 Å². The molecule has 0 saturated heterocycles. The van der Waals surface area contributed by atoms with Gasteiger partial charge in [0.1, 0.15) is 6.04 Å². The predicted octanol–water partition coefficient (Wildman–Crippen LogP) is -1.15. The molecule has 0 N–H and O–H groups in total. The highest BCUT2D eigenvalue weighted by Gasteiger charge is 2.36. The van der Waals surface area contributed by atoms with Crippen LogP contribution in [0.1, 0.15) is 22.9 Å². The van der Waals surface area contributed by atoms with E-state index in [2.05, 4.69) is 37.3 Å². The molecule has 104 valence electrons. The maximum atomic E-state index is 12.1. The molecule has 1 aliphatic rings. The van der Waals surface area contributed by atoms with Crippen LogP contribution in [-0.2, 0) is 11.3 Å². The summed E-state index contributed by atoms with van der Waals surface area (Å²) in [5, 5.41) is 0. The van der Waals surface area contributed by atoms with Gasteiger partial charge in [-0.3, -0.25) is 4.79 Å². The summed E-state index contributed by atoms with van der Waals surface area (Å²) in [5.41, 5.74) is 3.55. The van der Waals surface area contributed by atoms with Gasteiger partial charge in [-0.15, -0.1) is 0 Å². The van der Waals surface area contributed by atoms with E-state index in [1.165, 1.54) is 5.56 Å². The highest BCUT2D eigenvalue weighted by Crippen LogP contribution is 2.27. The summed E-state index contributed by atoms with van der Waals surface area (Å²) < 4.78 is 2.03. The third-order valence-electron chi connectivity index (χ3n) is 3.74. The Kier molecular flexibility index (Phi) is 4.09. The van der Waals surface area contributed by atoms with E-state index in [1.54, 1.807) is 0 Å². The number of hydrogen-bond acceptors (Lipinski definition) is 1. The van der Waals surface area contributed by atoms with Crippen LogP contribution in [0, 0.1) is 6.92 Å². The van der Waals surface area contributed by atoms with Gasteiger partial charge in [-0.1, -0.05) is 35.9 Å². The number of carbonyl (C=O) groups is 1. The molecular formula is C16H17ClN2O. The van der Waals surface area contributed by atoms with Crippen LogP contribution >= 0.6 is 0 Å². The van der Waals surface area contributed by atoms with Crippen LogP contribution in [0.4, 0.5) is 0 Å². The highest BCUT2D eigenvalue weighted by atomic mass is 35.5. The molecule has 1 atom stereocenters. The molecule has 4 heteroatoms. The second-order valence-corrected chi connectivity index (χ2v) is 5.07. The average Bonchev–Trinajstić information content (AvgIpc) is 2.42. The van der Waals surface area contributed by atoms with E-state index in [0.717, 1.165) is 11.3 Å². The number of fused-ring (bicyclic) bond motifs is 1. The van der Waals surface area contributed by atoms with E-state index < -0.39 is 0 Å². The van der Waals surface area contributed by atoms with Crippen molar-refractivity contribution in [3.05, 3.63) is 65.5 Å². The summed E-state index contributed by atoms with van der Waals surface area (Å²) in [6, 6.07) is 14.5. The molecule has 0 aliphatic carbocycles. The second kappa shape index (κ2) is 5.63. The third kappa shape index (κ3) is 2.41. The second-order valence-electron chi connectivity index (χ2n) is 5.07. The quantitative estimate of drug-likeness (QED) is 0.608. The number of likely N-dealkylation sites (N-methyl/N-ethyl adjacent to an activating group) is 1. The lowest BCUT2D eigenvalue weighted by atomic mass is 9.98. The van der Waals surface area contributed by atoms with Gasteiger partial charge in [0.25, 0.3) is 5.91 Å². The zero-order chi connectivity index (χ0) is 13.4. The van der Waals surface area contributed by atoms with Crippen molar-refractivity contribution >= 4 is 5.91 Å². The number of hydrogen-bond donors (Lipinski definition) is 0. The molecule has 1 aliphatic heterocycles. The van der Waals surface area contributed by atoms with Gasteiger partial charge in [-0.25, -0.2) is 0 Å². The number of aromatic nitrogens is 1. The molecule has 20 heavy (non-hydrogen) atoms. The average molecular weight is 289 g/mol. The lowest BCUT2D eigenvalue weighted by Gasteiger charge is -2.30. The molecule has 1 amide bonds. The van der Waals surface area contributed by atoms with Crippen molar-refractivity contribution < 1.29 is 21.8 Å². The molecule has 0 radical (unpaired) electrons. The van der Waals surface area contributed by atoms with Crippen LogP contribution in [0.25, 0.3) is 0 Å². The largest absolute Gasteiger partial charge is 1.00 e. The van der Waals surface area contributed by atoms with Gasteiger partial charge in [-0.05, 0) is 12.5 Å². The molecule has 0 bridgehead atoms. The van der Waals surface area contributed by atoms with E-state index in [9.17, 15) is 4.79 Å². The zero-order valence-electron chi connectivity index (χ0n) is 11.6. The van der Waals surface area contributed by atoms with Crippen molar-refractivity contribution in [1.82, 2.24) is 4.90 Å². The molecule has 3 rings (SSSR count). The number of nitrogens with zero attached hydrogens (tertiary/aromatic N) is 2. The highest BCUT2D eigenvalue weighted by molar-refractivity contribution is 5.76. The summed E-state index contributed by atoms with van der Waals surface area (Å²) in [6.45, 7) is 2.50. The predicted molar refractivity (Wildman–Crippen MR) is 72.4 cm³/mol. The van der Waals surface area contributed by atoms with Gasteiger partial charge in [0.05, 0.1) is 0 Å². The number of pyridine rings is 1. The smallest absolute Gasteiger partial charge is 0.289 e. The van der Waals surface area contributed by atoms with E-state index in [1.807, 2.05) is 34.8 Å². The Balaban J connectivity index is 0.00000147. The molecule has 2 aromatic rings. The Hall–Kier alpha value is -1.87. The maximum absolute atomic E-state index is 12.1. The molecular weight excluding hydrogens is 272 g/mol. The lowest BCUT2D eigenvalue weighted by molar-refractivity contribution is -0.699. The number of rotatable bonds is 1. The molecule has 1 aromatic carbocycles. The number of carbonyl (C=O) groups excluding carboxylic acids is 1. The molecule has 1 unspecified atom stereocenters. The summed E-state index contributed by atoms with van der Waals surface area (Å²) in [5.74, 6) is 0.147. The van der Waals surface area contributed by atoms with Crippen molar-refractivity contribution in [1.29, 1.82) is 0 Å². The summed E-state index contributed by atoms with van der Waals surface area (Å²) in [4.78, 5) is 13.9. The Morgan fingerprint density at radius 3 is 2.55 bits per heavy atom. The van der Waals surface area contributed by atoms with E-state index >= 15 is 0 Å². The standard InChI is InChI=1S/C16H17N2O.ClH/c1-12-6-8-13(9-7-12)16-14-5-3-4-10-18(14)11-15(19)17(16)2;/h3-10,16H,11H2,1-2H3;1H/q+1;/p-1. The first-order valence-electron chi connectivity index (χ1n) is 6.47. The molecule has 0 saturated carbocycles.